The molecule has 1 aromatic carbocycles. The number of esters is 1. The summed E-state index contributed by atoms with van der Waals surface area (Å²) < 4.78 is 4.99. The fraction of sp³-hybridized carbons (Fsp3) is 0.556. The summed E-state index contributed by atoms with van der Waals surface area (Å²) in [6, 6.07) is 4.26. The van der Waals surface area contributed by atoms with Gasteiger partial charge in [-0.2, -0.15) is 0 Å². The van der Waals surface area contributed by atoms with Gasteiger partial charge in [0.1, 0.15) is 11.2 Å². The van der Waals surface area contributed by atoms with Crippen LogP contribution in [-0.2, 0) is 14.3 Å². The molecule has 0 aliphatic heterocycles. The average Bonchev–Trinajstić information content (AvgIpc) is 2.82. The SMILES string of the molecule is COC(=O)C1(C(C)=O)CCCC1c1c(C)cc(C)cc1C. The molecule has 21 heavy (non-hydrogen) atoms. The van der Waals surface area contributed by atoms with E-state index in [0.717, 1.165) is 29.5 Å². The van der Waals surface area contributed by atoms with Crippen LogP contribution in [0.4, 0.5) is 0 Å². The summed E-state index contributed by atoms with van der Waals surface area (Å²) >= 11 is 0. The second-order valence-corrected chi connectivity index (χ2v) is 6.28. The van der Waals surface area contributed by atoms with Crippen LogP contribution in [0, 0.1) is 26.2 Å². The number of ketones is 1. The van der Waals surface area contributed by atoms with Gasteiger partial charge in [-0.3, -0.25) is 9.59 Å². The smallest absolute Gasteiger partial charge is 0.319 e. The van der Waals surface area contributed by atoms with Gasteiger partial charge in [0.15, 0.2) is 0 Å². The third-order valence-electron chi connectivity index (χ3n) is 4.92. The second-order valence-electron chi connectivity index (χ2n) is 6.28. The highest BCUT2D eigenvalue weighted by atomic mass is 16.5. The van der Waals surface area contributed by atoms with E-state index >= 15 is 0 Å². The molecule has 0 N–H and O–H groups in total. The number of carbonyl (C=O) groups is 2. The van der Waals surface area contributed by atoms with E-state index in [1.54, 1.807) is 0 Å². The summed E-state index contributed by atoms with van der Waals surface area (Å²) in [7, 11) is 1.37. The highest BCUT2D eigenvalue weighted by Crippen LogP contribution is 2.52. The molecule has 0 saturated heterocycles. The molecule has 3 heteroatoms. The molecule has 1 fully saturated rings. The molecular formula is C18H24O3. The second kappa shape index (κ2) is 5.63. The average molecular weight is 288 g/mol. The Balaban J connectivity index is 2.62. The highest BCUT2D eigenvalue weighted by molar-refractivity contribution is 6.04. The zero-order chi connectivity index (χ0) is 15.8. The molecular weight excluding hydrogens is 264 g/mol. The summed E-state index contributed by atoms with van der Waals surface area (Å²) in [5.74, 6) is -0.517. The lowest BCUT2D eigenvalue weighted by atomic mass is 9.69. The van der Waals surface area contributed by atoms with Crippen molar-refractivity contribution < 1.29 is 14.3 Å². The molecule has 0 aromatic heterocycles. The summed E-state index contributed by atoms with van der Waals surface area (Å²) in [5.41, 5.74) is 3.68. The van der Waals surface area contributed by atoms with E-state index in [2.05, 4.69) is 32.9 Å². The molecule has 1 aliphatic rings. The molecule has 0 amide bonds. The Hall–Kier alpha value is -1.64. The topological polar surface area (TPSA) is 43.4 Å². The Morgan fingerprint density at radius 2 is 1.76 bits per heavy atom. The quantitative estimate of drug-likeness (QED) is 0.630. The van der Waals surface area contributed by atoms with Gasteiger partial charge in [-0.05, 0) is 57.2 Å². The molecule has 0 bridgehead atoms. The van der Waals surface area contributed by atoms with Crippen LogP contribution in [-0.4, -0.2) is 18.9 Å². The molecule has 114 valence electrons. The van der Waals surface area contributed by atoms with Gasteiger partial charge in [-0.1, -0.05) is 24.1 Å². The highest BCUT2D eigenvalue weighted by Gasteiger charge is 2.54. The van der Waals surface area contributed by atoms with Crippen LogP contribution in [0.25, 0.3) is 0 Å². The largest absolute Gasteiger partial charge is 0.468 e. The first-order valence-corrected chi connectivity index (χ1v) is 7.51. The number of aryl methyl sites for hydroxylation is 3. The van der Waals surface area contributed by atoms with Gasteiger partial charge in [0, 0.05) is 5.92 Å². The fourth-order valence-corrected chi connectivity index (χ4v) is 4.13. The van der Waals surface area contributed by atoms with E-state index < -0.39 is 5.41 Å². The molecule has 2 rings (SSSR count). The molecule has 2 unspecified atom stereocenters. The van der Waals surface area contributed by atoms with E-state index in [0.29, 0.717) is 6.42 Å². The number of rotatable bonds is 3. The molecule has 3 nitrogen and oxygen atoms in total. The van der Waals surface area contributed by atoms with Crippen LogP contribution < -0.4 is 0 Å². The number of hydrogen-bond donors (Lipinski definition) is 0. The van der Waals surface area contributed by atoms with Gasteiger partial charge in [-0.25, -0.2) is 0 Å². The van der Waals surface area contributed by atoms with Gasteiger partial charge in [-0.15, -0.1) is 0 Å². The number of benzene rings is 1. The Morgan fingerprint density at radius 3 is 2.24 bits per heavy atom. The van der Waals surface area contributed by atoms with Crippen molar-refractivity contribution in [1.29, 1.82) is 0 Å². The Labute approximate surface area is 126 Å². The first-order chi connectivity index (χ1) is 9.84. The van der Waals surface area contributed by atoms with Crippen molar-refractivity contribution in [2.75, 3.05) is 7.11 Å². The van der Waals surface area contributed by atoms with E-state index in [1.165, 1.54) is 19.6 Å². The van der Waals surface area contributed by atoms with Crippen LogP contribution in [0.5, 0.6) is 0 Å². The first-order valence-electron chi connectivity index (χ1n) is 7.51. The third kappa shape index (κ3) is 2.39. The van der Waals surface area contributed by atoms with E-state index in [4.69, 9.17) is 4.74 Å². The lowest BCUT2D eigenvalue weighted by Crippen LogP contribution is -2.41. The predicted octanol–water partition coefficient (Wildman–Crippen LogP) is 3.63. The summed E-state index contributed by atoms with van der Waals surface area (Å²) in [6.45, 7) is 7.72. The van der Waals surface area contributed by atoms with Gasteiger partial charge < -0.3 is 4.74 Å². The Kier molecular flexibility index (Phi) is 4.22. The van der Waals surface area contributed by atoms with Gasteiger partial charge in [0.2, 0.25) is 0 Å². The zero-order valence-corrected chi connectivity index (χ0v) is 13.6. The summed E-state index contributed by atoms with van der Waals surface area (Å²) in [4.78, 5) is 24.7. The van der Waals surface area contributed by atoms with Crippen LogP contribution in [0.1, 0.15) is 54.4 Å². The molecule has 0 heterocycles. The van der Waals surface area contributed by atoms with Crippen molar-refractivity contribution in [2.24, 2.45) is 5.41 Å². The normalized spacial score (nSPS) is 24.9. The maximum Gasteiger partial charge on any atom is 0.319 e. The van der Waals surface area contributed by atoms with Crippen molar-refractivity contribution in [2.45, 2.75) is 52.9 Å². The predicted molar refractivity (Wildman–Crippen MR) is 82.4 cm³/mol. The first kappa shape index (κ1) is 15.7. The lowest BCUT2D eigenvalue weighted by Gasteiger charge is -2.32. The molecule has 0 radical (unpaired) electrons. The minimum Gasteiger partial charge on any atom is -0.468 e. The van der Waals surface area contributed by atoms with Crippen molar-refractivity contribution >= 4 is 11.8 Å². The minimum atomic E-state index is -1.00. The minimum absolute atomic E-state index is 0.0666. The number of carbonyl (C=O) groups excluding carboxylic acids is 2. The van der Waals surface area contributed by atoms with Crippen molar-refractivity contribution in [3.63, 3.8) is 0 Å². The number of methoxy groups -OCH3 is 1. The van der Waals surface area contributed by atoms with E-state index in [1.807, 2.05) is 0 Å². The van der Waals surface area contributed by atoms with Crippen molar-refractivity contribution in [1.82, 2.24) is 0 Å². The monoisotopic (exact) mass is 288 g/mol. The molecule has 1 aromatic rings. The van der Waals surface area contributed by atoms with Gasteiger partial charge in [0.25, 0.3) is 0 Å². The fourth-order valence-electron chi connectivity index (χ4n) is 4.13. The molecule has 1 aliphatic carbocycles. The maximum absolute atomic E-state index is 12.4. The van der Waals surface area contributed by atoms with Crippen LogP contribution in [0.3, 0.4) is 0 Å². The summed E-state index contributed by atoms with van der Waals surface area (Å²) in [6.07, 6.45) is 2.33. The van der Waals surface area contributed by atoms with Crippen molar-refractivity contribution in [3.8, 4) is 0 Å². The van der Waals surface area contributed by atoms with Crippen LogP contribution in [0.15, 0.2) is 12.1 Å². The standard InChI is InChI=1S/C18H24O3/c1-11-9-12(2)16(13(3)10-11)15-7-6-8-18(15,14(4)19)17(20)21-5/h9-10,15H,6-8H2,1-5H3. The third-order valence-corrected chi connectivity index (χ3v) is 4.92. The van der Waals surface area contributed by atoms with E-state index in [-0.39, 0.29) is 17.7 Å². The molecule has 2 atom stereocenters. The van der Waals surface area contributed by atoms with Gasteiger partial charge >= 0.3 is 5.97 Å². The zero-order valence-electron chi connectivity index (χ0n) is 13.6. The number of Topliss-reactive ketones (excluding diaryl/α,β-unsaturated/α-hetero) is 1. The van der Waals surface area contributed by atoms with Crippen molar-refractivity contribution in [3.05, 3.63) is 34.4 Å². The van der Waals surface area contributed by atoms with Crippen LogP contribution >= 0.6 is 0 Å². The van der Waals surface area contributed by atoms with Gasteiger partial charge in [0.05, 0.1) is 7.11 Å². The number of hydrogen-bond acceptors (Lipinski definition) is 3. The van der Waals surface area contributed by atoms with Crippen LogP contribution in [0.2, 0.25) is 0 Å². The maximum atomic E-state index is 12.4. The Bertz CT molecular complexity index is 565. The molecule has 1 saturated carbocycles. The Morgan fingerprint density at radius 1 is 1.19 bits per heavy atom. The van der Waals surface area contributed by atoms with E-state index in [9.17, 15) is 9.59 Å². The number of ether oxygens (including phenoxy) is 1. The molecule has 0 spiro atoms. The summed E-state index contributed by atoms with van der Waals surface area (Å²) in [5, 5.41) is 0. The lowest BCUT2D eigenvalue weighted by molar-refractivity contribution is -0.158.